The fourth-order valence-corrected chi connectivity index (χ4v) is 2.51. The molecule has 1 amide bonds. The molecular weight excluding hydrogens is 281 g/mol. The summed E-state index contributed by atoms with van der Waals surface area (Å²) in [4.78, 5) is 11.6. The Balaban J connectivity index is 2.62. The number of halogens is 3. The number of aryl methyl sites for hydroxylation is 1. The number of nitrogens with one attached hydrogen (secondary N) is 1. The van der Waals surface area contributed by atoms with Gasteiger partial charge in [-0.2, -0.15) is 13.2 Å². The number of nitrogens with two attached hydrogens (primary N) is 1. The molecule has 0 aliphatic rings. The molecule has 1 aromatic rings. The molecule has 0 saturated carbocycles. The van der Waals surface area contributed by atoms with E-state index in [1.807, 2.05) is 0 Å². The zero-order valence-electron chi connectivity index (χ0n) is 10.1. The summed E-state index contributed by atoms with van der Waals surface area (Å²) in [6.07, 6.45) is -4.48. The van der Waals surface area contributed by atoms with Crippen LogP contribution in [0.2, 0.25) is 0 Å². The smallest absolute Gasteiger partial charge is 0.399 e. The van der Waals surface area contributed by atoms with Crippen molar-refractivity contribution in [3.63, 3.8) is 0 Å². The molecule has 0 heterocycles. The molecule has 4 nitrogen and oxygen atoms in total. The maximum absolute atomic E-state index is 11.9. The quantitative estimate of drug-likeness (QED) is 0.824. The number of carbonyl (C=O) groups is 1. The van der Waals surface area contributed by atoms with Crippen LogP contribution in [0.4, 0.5) is 18.9 Å². The molecule has 0 saturated heterocycles. The predicted molar refractivity (Wildman–Crippen MR) is 65.9 cm³/mol. The first-order valence-corrected chi connectivity index (χ1v) is 6.59. The first-order chi connectivity index (χ1) is 8.69. The van der Waals surface area contributed by atoms with E-state index in [9.17, 15) is 22.2 Å². The Bertz CT molecular complexity index is 503. The lowest BCUT2D eigenvalue weighted by Crippen LogP contribution is -2.36. The van der Waals surface area contributed by atoms with Crippen molar-refractivity contribution in [2.24, 2.45) is 0 Å². The Labute approximate surface area is 110 Å². The molecule has 8 heteroatoms. The van der Waals surface area contributed by atoms with Crippen molar-refractivity contribution >= 4 is 22.4 Å². The monoisotopic (exact) mass is 294 g/mol. The van der Waals surface area contributed by atoms with E-state index in [0.29, 0.717) is 16.1 Å². The van der Waals surface area contributed by atoms with Gasteiger partial charge in [-0.1, -0.05) is 0 Å². The summed E-state index contributed by atoms with van der Waals surface area (Å²) in [6, 6.07) is 4.60. The van der Waals surface area contributed by atoms with Gasteiger partial charge in [-0.05, 0) is 30.7 Å². The normalized spacial score (nSPS) is 13.1. The van der Waals surface area contributed by atoms with Gasteiger partial charge in [0.2, 0.25) is 5.91 Å². The van der Waals surface area contributed by atoms with Crippen LogP contribution in [-0.4, -0.2) is 28.6 Å². The Hall–Kier alpha value is -1.57. The number of hydrogen-bond donors (Lipinski definition) is 2. The van der Waals surface area contributed by atoms with Crippen LogP contribution >= 0.6 is 0 Å². The molecule has 1 unspecified atom stereocenters. The summed E-state index contributed by atoms with van der Waals surface area (Å²) in [7, 11) is -1.70. The first kappa shape index (κ1) is 15.5. The number of rotatable bonds is 4. The Morgan fingerprint density at radius 2 is 2.05 bits per heavy atom. The summed E-state index contributed by atoms with van der Waals surface area (Å²) in [5, 5.41) is 1.67. The molecule has 1 atom stereocenters. The van der Waals surface area contributed by atoms with Crippen LogP contribution in [0.5, 0.6) is 0 Å². The second kappa shape index (κ2) is 6.05. The topological polar surface area (TPSA) is 72.2 Å². The van der Waals surface area contributed by atoms with Gasteiger partial charge in [0.05, 0.1) is 10.8 Å². The zero-order valence-corrected chi connectivity index (χ0v) is 10.9. The maximum Gasteiger partial charge on any atom is 0.405 e. The molecule has 1 rings (SSSR count). The van der Waals surface area contributed by atoms with Crippen molar-refractivity contribution in [1.82, 2.24) is 5.32 Å². The maximum atomic E-state index is 11.9. The highest BCUT2D eigenvalue weighted by Crippen LogP contribution is 2.16. The molecule has 3 N–H and O–H groups in total. The van der Waals surface area contributed by atoms with Gasteiger partial charge >= 0.3 is 6.18 Å². The van der Waals surface area contributed by atoms with E-state index in [2.05, 4.69) is 0 Å². The summed E-state index contributed by atoms with van der Waals surface area (Å²) in [5.41, 5.74) is 6.63. The highest BCUT2D eigenvalue weighted by molar-refractivity contribution is 7.85. The van der Waals surface area contributed by atoms with Crippen molar-refractivity contribution < 1.29 is 22.2 Å². The van der Waals surface area contributed by atoms with Gasteiger partial charge in [-0.25, -0.2) is 0 Å². The lowest BCUT2D eigenvalue weighted by atomic mass is 10.2. The van der Waals surface area contributed by atoms with Crippen LogP contribution in [0, 0.1) is 6.92 Å². The largest absolute Gasteiger partial charge is 0.405 e. The number of hydrogen-bond acceptors (Lipinski definition) is 3. The minimum Gasteiger partial charge on any atom is -0.399 e. The standard InChI is InChI=1S/C11H13F3N2O2S/c1-7-4-8(15)2-3-9(7)19(18)5-10(17)16-6-11(12,13)14/h2-4H,5-6,15H2,1H3,(H,16,17). The average molecular weight is 294 g/mol. The van der Waals surface area contributed by atoms with E-state index < -0.39 is 35.2 Å². The van der Waals surface area contributed by atoms with Gasteiger partial charge < -0.3 is 11.1 Å². The van der Waals surface area contributed by atoms with Gasteiger partial charge in [-0.3, -0.25) is 9.00 Å². The molecule has 19 heavy (non-hydrogen) atoms. The van der Waals surface area contributed by atoms with Crippen LogP contribution < -0.4 is 11.1 Å². The van der Waals surface area contributed by atoms with Crippen LogP contribution in [0.3, 0.4) is 0 Å². The Morgan fingerprint density at radius 3 is 2.58 bits per heavy atom. The van der Waals surface area contributed by atoms with Crippen molar-refractivity contribution in [1.29, 1.82) is 0 Å². The minimum absolute atomic E-state index is 0.386. The van der Waals surface area contributed by atoms with Crippen LogP contribution in [-0.2, 0) is 15.6 Å². The lowest BCUT2D eigenvalue weighted by molar-refractivity contribution is -0.136. The number of benzene rings is 1. The summed E-state index contributed by atoms with van der Waals surface area (Å²) in [6.45, 7) is 0.237. The second-order valence-corrected chi connectivity index (χ2v) is 5.33. The molecule has 0 spiro atoms. The number of alkyl halides is 3. The van der Waals surface area contributed by atoms with Crippen molar-refractivity contribution in [3.8, 4) is 0 Å². The van der Waals surface area contributed by atoms with Crippen LogP contribution in [0.1, 0.15) is 5.56 Å². The average Bonchev–Trinajstić information content (AvgIpc) is 2.25. The van der Waals surface area contributed by atoms with Gasteiger partial charge in [0.25, 0.3) is 0 Å². The Kier molecular flexibility index (Phi) is 4.93. The predicted octanol–water partition coefficient (Wildman–Crippen LogP) is 1.36. The number of amides is 1. The second-order valence-electron chi connectivity index (χ2n) is 3.91. The summed E-state index contributed by atoms with van der Waals surface area (Å²) >= 11 is 0. The minimum atomic E-state index is -4.48. The molecule has 0 fully saturated rings. The Morgan fingerprint density at radius 1 is 1.42 bits per heavy atom. The van der Waals surface area contributed by atoms with Gasteiger partial charge in [0.1, 0.15) is 12.3 Å². The fourth-order valence-electron chi connectivity index (χ4n) is 1.37. The van der Waals surface area contributed by atoms with E-state index in [-0.39, 0.29) is 0 Å². The van der Waals surface area contributed by atoms with Crippen molar-refractivity contribution in [3.05, 3.63) is 23.8 Å². The number of anilines is 1. The van der Waals surface area contributed by atoms with Gasteiger partial charge in [0, 0.05) is 10.6 Å². The molecule has 0 aliphatic heterocycles. The third-order valence-corrected chi connectivity index (χ3v) is 3.67. The van der Waals surface area contributed by atoms with Crippen LogP contribution in [0.15, 0.2) is 23.1 Å². The number of nitrogen functional groups attached to an aromatic ring is 1. The first-order valence-electron chi connectivity index (χ1n) is 5.27. The lowest BCUT2D eigenvalue weighted by Gasteiger charge is -2.09. The molecule has 1 aromatic carbocycles. The van der Waals surface area contributed by atoms with E-state index in [4.69, 9.17) is 5.73 Å². The van der Waals surface area contributed by atoms with E-state index >= 15 is 0 Å². The number of carbonyl (C=O) groups excluding carboxylic acids is 1. The van der Waals surface area contributed by atoms with Gasteiger partial charge in [0.15, 0.2) is 0 Å². The molecule has 0 aromatic heterocycles. The fraction of sp³-hybridized carbons (Fsp3) is 0.364. The SMILES string of the molecule is Cc1cc(N)ccc1S(=O)CC(=O)NCC(F)(F)F. The van der Waals surface area contributed by atoms with Crippen molar-refractivity contribution in [2.75, 3.05) is 18.0 Å². The molecule has 0 bridgehead atoms. The van der Waals surface area contributed by atoms with Gasteiger partial charge in [-0.15, -0.1) is 0 Å². The van der Waals surface area contributed by atoms with E-state index in [1.54, 1.807) is 18.3 Å². The summed E-state index contributed by atoms with van der Waals surface area (Å²) in [5.74, 6) is -1.42. The highest BCUT2D eigenvalue weighted by Gasteiger charge is 2.28. The van der Waals surface area contributed by atoms with E-state index in [0.717, 1.165) is 0 Å². The molecular formula is C11H13F3N2O2S. The summed E-state index contributed by atoms with van der Waals surface area (Å²) < 4.78 is 47.5. The van der Waals surface area contributed by atoms with Crippen LogP contribution in [0.25, 0.3) is 0 Å². The molecule has 0 radical (unpaired) electrons. The van der Waals surface area contributed by atoms with Crippen molar-refractivity contribution in [2.45, 2.75) is 18.0 Å². The molecule has 106 valence electrons. The third kappa shape index (κ3) is 5.29. The third-order valence-electron chi connectivity index (χ3n) is 2.19. The highest BCUT2D eigenvalue weighted by atomic mass is 32.2. The molecule has 0 aliphatic carbocycles. The zero-order chi connectivity index (χ0) is 14.6. The van der Waals surface area contributed by atoms with E-state index in [1.165, 1.54) is 12.1 Å².